The number of carbonyl (C=O) groups excluding carboxylic acids is 1. The third-order valence-corrected chi connectivity index (χ3v) is 1.63. The molecule has 0 saturated heterocycles. The molecule has 0 fully saturated rings. The lowest BCUT2D eigenvalue weighted by Gasteiger charge is -2.06. The minimum atomic E-state index is -0.753. The fraction of sp³-hybridized carbons (Fsp3) is 0.222. The Hall–Kier alpha value is -1.58. The highest BCUT2D eigenvalue weighted by atomic mass is 19.1. The van der Waals surface area contributed by atoms with Crippen molar-refractivity contribution in [2.45, 2.75) is 6.92 Å². The van der Waals surface area contributed by atoms with Gasteiger partial charge in [-0.05, 0) is 19.1 Å². The average molecular weight is 182 g/mol. The monoisotopic (exact) mass is 182 g/mol. The predicted octanol–water partition coefficient (Wildman–Crippen LogP) is 1.36. The van der Waals surface area contributed by atoms with Crippen LogP contribution in [0, 0.1) is 5.82 Å². The Balaban J connectivity index is 3.10. The minimum Gasteiger partial charge on any atom is -0.383 e. The van der Waals surface area contributed by atoms with Crippen LogP contribution in [0.4, 0.5) is 10.1 Å². The van der Waals surface area contributed by atoms with Crippen LogP contribution in [0.1, 0.15) is 17.3 Å². The molecular formula is C9H11FN2O. The van der Waals surface area contributed by atoms with Crippen molar-refractivity contribution in [1.82, 2.24) is 0 Å². The summed E-state index contributed by atoms with van der Waals surface area (Å²) in [5, 5.41) is 2.79. The first-order chi connectivity index (χ1) is 6.16. The third-order valence-electron chi connectivity index (χ3n) is 1.63. The smallest absolute Gasteiger partial charge is 0.251 e. The van der Waals surface area contributed by atoms with E-state index in [1.165, 1.54) is 6.07 Å². The molecule has 0 unspecified atom stereocenters. The van der Waals surface area contributed by atoms with Crippen molar-refractivity contribution in [2.75, 3.05) is 11.9 Å². The van der Waals surface area contributed by atoms with E-state index in [9.17, 15) is 9.18 Å². The number of anilines is 1. The summed E-state index contributed by atoms with van der Waals surface area (Å²) < 4.78 is 13.3. The van der Waals surface area contributed by atoms with E-state index in [4.69, 9.17) is 5.73 Å². The maximum absolute atomic E-state index is 13.3. The van der Waals surface area contributed by atoms with E-state index in [-0.39, 0.29) is 5.56 Å². The van der Waals surface area contributed by atoms with Gasteiger partial charge in [0.15, 0.2) is 5.82 Å². The lowest BCUT2D eigenvalue weighted by Crippen LogP contribution is -2.14. The molecular weight excluding hydrogens is 171 g/mol. The van der Waals surface area contributed by atoms with Crippen molar-refractivity contribution >= 4 is 11.6 Å². The Bertz CT molecular complexity index is 325. The van der Waals surface area contributed by atoms with Crippen LogP contribution in [0.3, 0.4) is 0 Å². The number of carbonyl (C=O) groups is 1. The van der Waals surface area contributed by atoms with E-state index in [1.807, 2.05) is 6.92 Å². The van der Waals surface area contributed by atoms with Gasteiger partial charge in [0.1, 0.15) is 0 Å². The van der Waals surface area contributed by atoms with E-state index in [0.29, 0.717) is 12.2 Å². The van der Waals surface area contributed by atoms with Crippen molar-refractivity contribution in [3.63, 3.8) is 0 Å². The molecule has 1 rings (SSSR count). The number of hydrogen-bond donors (Lipinski definition) is 2. The van der Waals surface area contributed by atoms with Crippen LogP contribution in [0.2, 0.25) is 0 Å². The molecule has 0 radical (unpaired) electrons. The van der Waals surface area contributed by atoms with Gasteiger partial charge in [-0.25, -0.2) is 4.39 Å². The lowest BCUT2D eigenvalue weighted by atomic mass is 10.1. The Labute approximate surface area is 75.7 Å². The highest BCUT2D eigenvalue weighted by molar-refractivity contribution is 5.94. The molecule has 70 valence electrons. The Kier molecular flexibility index (Phi) is 2.84. The van der Waals surface area contributed by atoms with Crippen molar-refractivity contribution < 1.29 is 9.18 Å². The molecule has 0 aliphatic heterocycles. The summed E-state index contributed by atoms with van der Waals surface area (Å²) in [4.78, 5) is 10.7. The zero-order chi connectivity index (χ0) is 9.84. The summed E-state index contributed by atoms with van der Waals surface area (Å²) in [5.41, 5.74) is 5.19. The van der Waals surface area contributed by atoms with Crippen LogP contribution in [0.5, 0.6) is 0 Å². The van der Waals surface area contributed by atoms with Crippen LogP contribution in [-0.2, 0) is 0 Å². The van der Waals surface area contributed by atoms with E-state index in [0.717, 1.165) is 0 Å². The van der Waals surface area contributed by atoms with E-state index >= 15 is 0 Å². The van der Waals surface area contributed by atoms with E-state index in [1.54, 1.807) is 12.1 Å². The molecule has 0 saturated carbocycles. The number of nitrogens with one attached hydrogen (secondary N) is 1. The van der Waals surface area contributed by atoms with Crippen molar-refractivity contribution in [1.29, 1.82) is 0 Å². The molecule has 0 aliphatic carbocycles. The van der Waals surface area contributed by atoms with Gasteiger partial charge in [-0.3, -0.25) is 4.79 Å². The zero-order valence-electron chi connectivity index (χ0n) is 7.30. The number of hydrogen-bond acceptors (Lipinski definition) is 2. The van der Waals surface area contributed by atoms with Crippen LogP contribution >= 0.6 is 0 Å². The summed E-state index contributed by atoms with van der Waals surface area (Å²) in [6, 6.07) is 4.50. The van der Waals surface area contributed by atoms with Gasteiger partial charge >= 0.3 is 0 Å². The van der Waals surface area contributed by atoms with Crippen molar-refractivity contribution in [3.05, 3.63) is 29.6 Å². The van der Waals surface area contributed by atoms with E-state index < -0.39 is 11.7 Å². The van der Waals surface area contributed by atoms with Gasteiger partial charge in [0.05, 0.1) is 11.3 Å². The van der Waals surface area contributed by atoms with Crippen LogP contribution in [0.15, 0.2) is 18.2 Å². The number of nitrogens with two attached hydrogens (primary N) is 1. The maximum atomic E-state index is 13.3. The highest BCUT2D eigenvalue weighted by Crippen LogP contribution is 2.16. The topological polar surface area (TPSA) is 55.1 Å². The molecule has 0 bridgehead atoms. The van der Waals surface area contributed by atoms with Crippen molar-refractivity contribution in [3.8, 4) is 0 Å². The molecule has 3 nitrogen and oxygen atoms in total. The predicted molar refractivity (Wildman–Crippen MR) is 49.1 cm³/mol. The van der Waals surface area contributed by atoms with Crippen LogP contribution < -0.4 is 11.1 Å². The Morgan fingerprint density at radius 2 is 2.31 bits per heavy atom. The summed E-state index contributed by atoms with van der Waals surface area (Å²) >= 11 is 0. The van der Waals surface area contributed by atoms with Gasteiger partial charge in [0, 0.05) is 6.54 Å². The first-order valence-electron chi connectivity index (χ1n) is 3.99. The second kappa shape index (κ2) is 3.89. The zero-order valence-corrected chi connectivity index (χ0v) is 7.30. The molecule has 0 heterocycles. The van der Waals surface area contributed by atoms with Crippen LogP contribution in [0.25, 0.3) is 0 Å². The van der Waals surface area contributed by atoms with Gasteiger partial charge in [-0.2, -0.15) is 0 Å². The van der Waals surface area contributed by atoms with Gasteiger partial charge in [-0.1, -0.05) is 6.07 Å². The van der Waals surface area contributed by atoms with Gasteiger partial charge in [0.25, 0.3) is 5.91 Å². The second-order valence-corrected chi connectivity index (χ2v) is 2.56. The third kappa shape index (κ3) is 1.96. The van der Waals surface area contributed by atoms with Gasteiger partial charge < -0.3 is 11.1 Å². The molecule has 0 spiro atoms. The molecule has 1 aromatic carbocycles. The number of rotatable bonds is 3. The lowest BCUT2D eigenvalue weighted by molar-refractivity contribution is 0.0996. The van der Waals surface area contributed by atoms with Crippen LogP contribution in [-0.4, -0.2) is 12.5 Å². The molecule has 4 heteroatoms. The molecule has 0 aromatic heterocycles. The highest BCUT2D eigenvalue weighted by Gasteiger charge is 2.10. The maximum Gasteiger partial charge on any atom is 0.251 e. The molecule has 1 amide bonds. The van der Waals surface area contributed by atoms with E-state index in [2.05, 4.69) is 5.32 Å². The summed E-state index contributed by atoms with van der Waals surface area (Å²) in [5.74, 6) is -1.34. The number of halogens is 1. The number of primary amides is 1. The second-order valence-electron chi connectivity index (χ2n) is 2.56. The molecule has 0 aliphatic rings. The first kappa shape index (κ1) is 9.51. The van der Waals surface area contributed by atoms with Gasteiger partial charge in [-0.15, -0.1) is 0 Å². The van der Waals surface area contributed by atoms with Crippen molar-refractivity contribution in [2.24, 2.45) is 5.73 Å². The molecule has 13 heavy (non-hydrogen) atoms. The Morgan fingerprint density at radius 1 is 1.62 bits per heavy atom. The fourth-order valence-electron chi connectivity index (χ4n) is 1.05. The minimum absolute atomic E-state index is 0.0848. The number of benzene rings is 1. The Morgan fingerprint density at radius 3 is 2.85 bits per heavy atom. The largest absolute Gasteiger partial charge is 0.383 e. The fourth-order valence-corrected chi connectivity index (χ4v) is 1.05. The molecule has 3 N–H and O–H groups in total. The molecule has 0 atom stereocenters. The summed E-state index contributed by atoms with van der Waals surface area (Å²) in [6.07, 6.45) is 0. The normalized spacial score (nSPS) is 9.69. The summed E-state index contributed by atoms with van der Waals surface area (Å²) in [6.45, 7) is 2.44. The van der Waals surface area contributed by atoms with Gasteiger partial charge in [0.2, 0.25) is 0 Å². The quantitative estimate of drug-likeness (QED) is 0.741. The standard InChI is InChI=1S/C9H11FN2O/c1-2-12-7-5-3-4-6(8(7)10)9(11)13/h3-5,12H,2H2,1H3,(H2,11,13). The summed E-state index contributed by atoms with van der Waals surface area (Å²) in [7, 11) is 0. The molecule has 1 aromatic rings. The SMILES string of the molecule is CCNc1cccc(C(N)=O)c1F. The average Bonchev–Trinajstić information content (AvgIpc) is 2.08. The first-order valence-corrected chi connectivity index (χ1v) is 3.99. The number of amides is 1.